The van der Waals surface area contributed by atoms with Gasteiger partial charge in [-0.05, 0) is 35.4 Å². The first kappa shape index (κ1) is 18.3. The van der Waals surface area contributed by atoms with Gasteiger partial charge in [-0.15, -0.1) is 0 Å². The molecule has 0 bridgehead atoms. The van der Waals surface area contributed by atoms with E-state index in [9.17, 15) is 9.59 Å². The number of carbonyl (C=O) groups excluding carboxylic acids is 2. The Morgan fingerprint density at radius 3 is 2.32 bits per heavy atom. The van der Waals surface area contributed by atoms with Gasteiger partial charge in [0.25, 0.3) is 0 Å². The van der Waals surface area contributed by atoms with Crippen LogP contribution < -0.4 is 10.1 Å². The van der Waals surface area contributed by atoms with E-state index in [2.05, 4.69) is 5.32 Å². The molecule has 0 radical (unpaired) electrons. The first-order valence-electron chi connectivity index (χ1n) is 9.00. The van der Waals surface area contributed by atoms with E-state index in [-0.39, 0.29) is 18.3 Å². The van der Waals surface area contributed by atoms with Gasteiger partial charge in [-0.2, -0.15) is 0 Å². The van der Waals surface area contributed by atoms with Crippen molar-refractivity contribution in [1.82, 2.24) is 5.32 Å². The number of rotatable bonds is 4. The van der Waals surface area contributed by atoms with Gasteiger partial charge < -0.3 is 10.1 Å². The lowest BCUT2D eigenvalue weighted by molar-refractivity contribution is -0.125. The topological polar surface area (TPSA) is 55.4 Å². The summed E-state index contributed by atoms with van der Waals surface area (Å²) in [6.07, 6.45) is 0. The second-order valence-electron chi connectivity index (χ2n) is 6.63. The quantitative estimate of drug-likeness (QED) is 0.669. The van der Waals surface area contributed by atoms with E-state index in [0.29, 0.717) is 16.3 Å². The van der Waals surface area contributed by atoms with Crippen LogP contribution in [-0.2, 0) is 4.79 Å². The van der Waals surface area contributed by atoms with Gasteiger partial charge in [-0.3, -0.25) is 9.59 Å². The fraction of sp³-hybridized carbons (Fsp3) is 0.130. The van der Waals surface area contributed by atoms with E-state index < -0.39 is 12.0 Å². The number of ether oxygens (including phenoxy) is 1. The molecule has 1 N–H and O–H groups in total. The number of ketones is 1. The van der Waals surface area contributed by atoms with Crippen molar-refractivity contribution in [3.05, 3.63) is 101 Å². The summed E-state index contributed by atoms with van der Waals surface area (Å²) in [7, 11) is 0. The Morgan fingerprint density at radius 1 is 0.929 bits per heavy atom. The monoisotopic (exact) mass is 391 g/mol. The standard InChI is InChI=1S/C23H18ClNO3/c24-17-12-10-16(11-13-17)21(15-6-2-1-3-7-15)25-23(27)19-14-28-20-9-5-4-8-18(20)22(19)26/h1-13,19,21H,14H2,(H,25,27). The number of fused-ring (bicyclic) bond motifs is 1. The molecule has 140 valence electrons. The highest BCUT2D eigenvalue weighted by atomic mass is 35.5. The van der Waals surface area contributed by atoms with Gasteiger partial charge in [-0.25, -0.2) is 0 Å². The molecule has 2 atom stereocenters. The zero-order chi connectivity index (χ0) is 19.5. The van der Waals surface area contributed by atoms with Gasteiger partial charge in [0.15, 0.2) is 5.78 Å². The molecule has 1 amide bonds. The molecule has 0 saturated heterocycles. The molecule has 0 spiro atoms. The van der Waals surface area contributed by atoms with E-state index in [4.69, 9.17) is 16.3 Å². The van der Waals surface area contributed by atoms with Crippen LogP contribution in [0.25, 0.3) is 0 Å². The average Bonchev–Trinajstić information content (AvgIpc) is 2.74. The molecule has 1 aliphatic rings. The summed E-state index contributed by atoms with van der Waals surface area (Å²) in [5.74, 6) is -0.937. The SMILES string of the molecule is O=C(NC(c1ccccc1)c1ccc(Cl)cc1)C1COc2ccccc2C1=O. The van der Waals surface area contributed by atoms with E-state index in [0.717, 1.165) is 11.1 Å². The second-order valence-corrected chi connectivity index (χ2v) is 7.06. The van der Waals surface area contributed by atoms with E-state index in [1.54, 1.807) is 36.4 Å². The summed E-state index contributed by atoms with van der Waals surface area (Å²) in [4.78, 5) is 25.8. The number of hydrogen-bond acceptors (Lipinski definition) is 3. The molecule has 4 nitrogen and oxygen atoms in total. The number of hydrogen-bond donors (Lipinski definition) is 1. The zero-order valence-corrected chi connectivity index (χ0v) is 15.7. The number of benzene rings is 3. The van der Waals surface area contributed by atoms with Crippen molar-refractivity contribution in [3.63, 3.8) is 0 Å². The molecule has 0 aliphatic carbocycles. The minimum absolute atomic E-state index is 0.0316. The number of halogens is 1. The highest BCUT2D eigenvalue weighted by Gasteiger charge is 2.35. The molecule has 0 fully saturated rings. The van der Waals surface area contributed by atoms with E-state index in [1.165, 1.54) is 0 Å². The van der Waals surface area contributed by atoms with E-state index >= 15 is 0 Å². The Balaban J connectivity index is 1.61. The predicted molar refractivity (Wildman–Crippen MR) is 108 cm³/mol. The number of carbonyl (C=O) groups is 2. The maximum absolute atomic E-state index is 13.0. The molecular weight excluding hydrogens is 374 g/mol. The van der Waals surface area contributed by atoms with Gasteiger partial charge in [0.05, 0.1) is 11.6 Å². The summed E-state index contributed by atoms with van der Waals surface area (Å²) in [5, 5.41) is 3.64. The van der Waals surface area contributed by atoms with Crippen LogP contribution in [0.4, 0.5) is 0 Å². The lowest BCUT2D eigenvalue weighted by Gasteiger charge is -2.26. The highest BCUT2D eigenvalue weighted by Crippen LogP contribution is 2.29. The fourth-order valence-corrected chi connectivity index (χ4v) is 3.46. The van der Waals surface area contributed by atoms with Crippen LogP contribution >= 0.6 is 11.6 Å². The Hall–Kier alpha value is -3.11. The first-order valence-corrected chi connectivity index (χ1v) is 9.38. The molecule has 0 saturated carbocycles. The Labute approximate surface area is 168 Å². The van der Waals surface area contributed by atoms with Gasteiger partial charge in [-0.1, -0.05) is 66.2 Å². The van der Waals surface area contributed by atoms with Gasteiger partial charge >= 0.3 is 0 Å². The fourth-order valence-electron chi connectivity index (χ4n) is 3.33. The molecule has 3 aromatic carbocycles. The summed E-state index contributed by atoms with van der Waals surface area (Å²) >= 11 is 6.01. The van der Waals surface area contributed by atoms with Crippen molar-refractivity contribution in [2.75, 3.05) is 6.61 Å². The van der Waals surface area contributed by atoms with Crippen molar-refractivity contribution in [3.8, 4) is 5.75 Å². The Morgan fingerprint density at radius 2 is 1.57 bits per heavy atom. The molecule has 1 aliphatic heterocycles. The van der Waals surface area contributed by atoms with Crippen LogP contribution in [0.15, 0.2) is 78.9 Å². The van der Waals surface area contributed by atoms with Crippen molar-refractivity contribution in [2.24, 2.45) is 5.92 Å². The summed E-state index contributed by atoms with van der Waals surface area (Å²) in [6, 6.07) is 23.5. The minimum atomic E-state index is -0.881. The van der Waals surface area contributed by atoms with Crippen molar-refractivity contribution in [2.45, 2.75) is 6.04 Å². The third-order valence-electron chi connectivity index (χ3n) is 4.81. The van der Waals surface area contributed by atoms with Gasteiger partial charge in [0.2, 0.25) is 5.91 Å². The third kappa shape index (κ3) is 3.64. The largest absolute Gasteiger partial charge is 0.492 e. The lowest BCUT2D eigenvalue weighted by Crippen LogP contribution is -2.42. The predicted octanol–water partition coefficient (Wildman–Crippen LogP) is 4.44. The summed E-state index contributed by atoms with van der Waals surface area (Å²) in [5.41, 5.74) is 2.24. The molecule has 2 unspecified atom stereocenters. The van der Waals surface area contributed by atoms with Crippen molar-refractivity contribution < 1.29 is 14.3 Å². The van der Waals surface area contributed by atoms with Crippen molar-refractivity contribution >= 4 is 23.3 Å². The van der Waals surface area contributed by atoms with Gasteiger partial charge in [0.1, 0.15) is 18.3 Å². The lowest BCUT2D eigenvalue weighted by atomic mass is 9.92. The number of Topliss-reactive ketones (excluding diaryl/α,β-unsaturated/α-hetero) is 1. The molecule has 3 aromatic rings. The molecule has 5 heteroatoms. The number of nitrogens with one attached hydrogen (secondary N) is 1. The molecule has 0 aromatic heterocycles. The molecular formula is C23H18ClNO3. The molecule has 28 heavy (non-hydrogen) atoms. The summed E-state index contributed by atoms with van der Waals surface area (Å²) in [6.45, 7) is 0.0316. The smallest absolute Gasteiger partial charge is 0.235 e. The van der Waals surface area contributed by atoms with Crippen LogP contribution in [0.3, 0.4) is 0 Å². The zero-order valence-electron chi connectivity index (χ0n) is 15.0. The third-order valence-corrected chi connectivity index (χ3v) is 5.07. The van der Waals surface area contributed by atoms with Crippen LogP contribution in [0.1, 0.15) is 27.5 Å². The maximum atomic E-state index is 13.0. The maximum Gasteiger partial charge on any atom is 0.235 e. The Kier molecular flexibility index (Phi) is 5.13. The molecule has 4 rings (SSSR count). The Bertz CT molecular complexity index is 1000. The van der Waals surface area contributed by atoms with Crippen LogP contribution in [0, 0.1) is 5.92 Å². The van der Waals surface area contributed by atoms with Crippen molar-refractivity contribution in [1.29, 1.82) is 0 Å². The average molecular weight is 392 g/mol. The number of para-hydroxylation sites is 1. The first-order chi connectivity index (χ1) is 13.6. The van der Waals surface area contributed by atoms with Crippen LogP contribution in [0.2, 0.25) is 5.02 Å². The van der Waals surface area contributed by atoms with Crippen LogP contribution in [0.5, 0.6) is 5.75 Å². The van der Waals surface area contributed by atoms with E-state index in [1.807, 2.05) is 42.5 Å². The summed E-state index contributed by atoms with van der Waals surface area (Å²) < 4.78 is 5.64. The number of amides is 1. The molecule has 1 heterocycles. The van der Waals surface area contributed by atoms with Gasteiger partial charge in [0, 0.05) is 5.02 Å². The van der Waals surface area contributed by atoms with Crippen LogP contribution in [-0.4, -0.2) is 18.3 Å². The highest BCUT2D eigenvalue weighted by molar-refractivity contribution is 6.30. The minimum Gasteiger partial charge on any atom is -0.492 e. The normalized spacial score (nSPS) is 16.6. The second kappa shape index (κ2) is 7.87.